The van der Waals surface area contributed by atoms with Crippen molar-refractivity contribution in [1.82, 2.24) is 14.1 Å². The molecule has 0 radical (unpaired) electrons. The summed E-state index contributed by atoms with van der Waals surface area (Å²) in [5, 5.41) is -0.0555. The molecule has 4 aromatic rings. The molecule has 31 heavy (non-hydrogen) atoms. The molecule has 0 spiro atoms. The second-order valence-corrected chi connectivity index (χ2v) is 6.97. The summed E-state index contributed by atoms with van der Waals surface area (Å²) in [5.41, 5.74) is -0.482. The number of fused-ring (bicyclic) bond motifs is 1. The molecule has 4 rings (SSSR count). The van der Waals surface area contributed by atoms with Crippen molar-refractivity contribution in [3.8, 4) is 0 Å². The van der Waals surface area contributed by atoms with E-state index >= 15 is 0 Å². The van der Waals surface area contributed by atoms with Crippen LogP contribution in [0.1, 0.15) is 27.4 Å². The Hall–Kier alpha value is -4.01. The Kier molecular flexibility index (Phi) is 5.24. The molecule has 0 saturated heterocycles. The van der Waals surface area contributed by atoms with Gasteiger partial charge in [0.1, 0.15) is 11.6 Å². The van der Waals surface area contributed by atoms with Crippen molar-refractivity contribution in [3.05, 3.63) is 98.0 Å². The number of rotatable bonds is 5. The van der Waals surface area contributed by atoms with Crippen LogP contribution in [0.2, 0.25) is 0 Å². The maximum absolute atomic E-state index is 13.7. The van der Waals surface area contributed by atoms with E-state index < -0.39 is 23.0 Å². The lowest BCUT2D eigenvalue weighted by Crippen LogP contribution is -2.41. The summed E-state index contributed by atoms with van der Waals surface area (Å²) < 4.78 is 26.1. The van der Waals surface area contributed by atoms with Crippen LogP contribution in [-0.2, 0) is 17.8 Å². The van der Waals surface area contributed by atoms with Crippen LogP contribution < -0.4 is 11.2 Å². The Morgan fingerprint density at radius 3 is 2.61 bits per heavy atom. The molecule has 0 saturated carbocycles. The Balaban J connectivity index is 2.05. The summed E-state index contributed by atoms with van der Waals surface area (Å²) in [5.74, 6) is -0.759. The van der Waals surface area contributed by atoms with Gasteiger partial charge >= 0.3 is 11.7 Å². The van der Waals surface area contributed by atoms with E-state index in [1.807, 2.05) is 0 Å². The first-order chi connectivity index (χ1) is 14.9. The fraction of sp³-hybridized carbons (Fsp3) is 0.182. The number of methoxy groups -OCH3 is 1. The minimum absolute atomic E-state index is 0.00353. The quantitative estimate of drug-likeness (QED) is 0.458. The first kappa shape index (κ1) is 20.3. The number of esters is 1. The van der Waals surface area contributed by atoms with Gasteiger partial charge in [0.2, 0.25) is 0 Å². The molecule has 0 unspecified atom stereocenters. The number of hydrogen-bond acceptors (Lipinski definition) is 6. The molecule has 8 nitrogen and oxygen atoms in total. The van der Waals surface area contributed by atoms with Crippen molar-refractivity contribution in [1.29, 1.82) is 0 Å². The molecule has 0 amide bonds. The highest BCUT2D eigenvalue weighted by Gasteiger charge is 2.22. The minimum Gasteiger partial charge on any atom is -0.467 e. The van der Waals surface area contributed by atoms with E-state index in [-0.39, 0.29) is 29.7 Å². The van der Waals surface area contributed by atoms with Crippen LogP contribution in [0.3, 0.4) is 0 Å². The molecule has 0 aliphatic rings. The van der Waals surface area contributed by atoms with E-state index in [1.54, 1.807) is 25.1 Å². The molecule has 1 aromatic carbocycles. The highest BCUT2D eigenvalue weighted by atomic mass is 19.1. The lowest BCUT2D eigenvalue weighted by atomic mass is 10.1. The fourth-order valence-corrected chi connectivity index (χ4v) is 3.45. The fourth-order valence-electron chi connectivity index (χ4n) is 3.45. The van der Waals surface area contributed by atoms with Crippen LogP contribution in [0.5, 0.6) is 0 Å². The number of ether oxygens (including phenoxy) is 1. The van der Waals surface area contributed by atoms with E-state index in [2.05, 4.69) is 4.98 Å². The van der Waals surface area contributed by atoms with Gasteiger partial charge in [-0.1, -0.05) is 12.1 Å². The molecule has 3 aromatic heterocycles. The average molecular weight is 423 g/mol. The normalized spacial score (nSPS) is 11.1. The SMILES string of the molecule is COC(=O)c1cc(C)nc2c1c(=O)n(Cc1cccc(F)c1)c(=O)n2Cc1ccco1. The highest BCUT2D eigenvalue weighted by molar-refractivity contribution is 6.02. The second-order valence-electron chi connectivity index (χ2n) is 6.97. The first-order valence-electron chi connectivity index (χ1n) is 9.39. The largest absolute Gasteiger partial charge is 0.467 e. The monoisotopic (exact) mass is 423 g/mol. The van der Waals surface area contributed by atoms with E-state index in [0.29, 0.717) is 17.0 Å². The summed E-state index contributed by atoms with van der Waals surface area (Å²) in [4.78, 5) is 43.4. The van der Waals surface area contributed by atoms with Gasteiger partial charge in [0.05, 0.1) is 37.4 Å². The molecule has 0 bridgehead atoms. The number of pyridine rings is 1. The maximum Gasteiger partial charge on any atom is 0.338 e. The van der Waals surface area contributed by atoms with Gasteiger partial charge in [-0.05, 0) is 42.8 Å². The standard InChI is InChI=1S/C22H18FN3O5/c1-13-9-17(21(28)30-2)18-19(24-13)25(12-16-7-4-8-31-16)22(29)26(20(18)27)11-14-5-3-6-15(23)10-14/h3-10H,11-12H2,1-2H3. The van der Waals surface area contributed by atoms with Gasteiger partial charge in [-0.15, -0.1) is 0 Å². The van der Waals surface area contributed by atoms with Gasteiger partial charge in [0.15, 0.2) is 5.65 Å². The van der Waals surface area contributed by atoms with Crippen molar-refractivity contribution in [2.45, 2.75) is 20.0 Å². The smallest absolute Gasteiger partial charge is 0.338 e. The van der Waals surface area contributed by atoms with Gasteiger partial charge in [-0.3, -0.25) is 13.9 Å². The number of furan rings is 1. The lowest BCUT2D eigenvalue weighted by molar-refractivity contribution is 0.0602. The molecule has 0 fully saturated rings. The van der Waals surface area contributed by atoms with E-state index in [1.165, 1.54) is 42.2 Å². The van der Waals surface area contributed by atoms with Gasteiger partial charge in [-0.2, -0.15) is 0 Å². The van der Waals surface area contributed by atoms with Crippen LogP contribution in [0.4, 0.5) is 4.39 Å². The van der Waals surface area contributed by atoms with Crippen molar-refractivity contribution >= 4 is 17.0 Å². The number of carbonyl (C=O) groups is 1. The molecular weight excluding hydrogens is 405 g/mol. The Morgan fingerprint density at radius 2 is 1.94 bits per heavy atom. The Labute approximate surface area is 175 Å². The molecular formula is C22H18FN3O5. The van der Waals surface area contributed by atoms with Crippen molar-refractivity contribution in [2.24, 2.45) is 0 Å². The summed E-state index contributed by atoms with van der Waals surface area (Å²) >= 11 is 0. The number of benzene rings is 1. The lowest BCUT2D eigenvalue weighted by Gasteiger charge is -2.15. The maximum atomic E-state index is 13.7. The predicted octanol–water partition coefficient (Wildman–Crippen LogP) is 2.48. The zero-order valence-electron chi connectivity index (χ0n) is 16.8. The number of nitrogens with zero attached hydrogens (tertiary/aromatic N) is 3. The second kappa shape index (κ2) is 8.02. The molecule has 158 valence electrons. The first-order valence-corrected chi connectivity index (χ1v) is 9.39. The number of aromatic nitrogens is 3. The minimum atomic E-state index is -0.729. The molecule has 9 heteroatoms. The van der Waals surface area contributed by atoms with Crippen LogP contribution in [-0.4, -0.2) is 27.2 Å². The van der Waals surface area contributed by atoms with Crippen LogP contribution in [0.25, 0.3) is 11.0 Å². The summed E-state index contributed by atoms with van der Waals surface area (Å²) in [6, 6.07) is 10.4. The Morgan fingerprint density at radius 1 is 1.13 bits per heavy atom. The number of aryl methyl sites for hydroxylation is 1. The molecule has 0 atom stereocenters. The van der Waals surface area contributed by atoms with Crippen molar-refractivity contribution in [3.63, 3.8) is 0 Å². The topological polar surface area (TPSA) is 96.3 Å². The van der Waals surface area contributed by atoms with Crippen molar-refractivity contribution in [2.75, 3.05) is 7.11 Å². The molecule has 3 heterocycles. The average Bonchev–Trinajstić information content (AvgIpc) is 3.26. The van der Waals surface area contributed by atoms with Crippen molar-refractivity contribution < 1.29 is 18.3 Å². The highest BCUT2D eigenvalue weighted by Crippen LogP contribution is 2.17. The zero-order chi connectivity index (χ0) is 22.1. The third-order valence-electron chi connectivity index (χ3n) is 4.83. The molecule has 0 aliphatic heterocycles. The molecule has 0 N–H and O–H groups in total. The van der Waals surface area contributed by atoms with Crippen LogP contribution in [0, 0.1) is 12.7 Å². The van der Waals surface area contributed by atoms with Gasteiger partial charge in [0.25, 0.3) is 5.56 Å². The number of hydrogen-bond donors (Lipinski definition) is 0. The zero-order valence-corrected chi connectivity index (χ0v) is 16.8. The third kappa shape index (κ3) is 3.77. The summed E-state index contributed by atoms with van der Waals surface area (Å²) in [6.07, 6.45) is 1.46. The predicted molar refractivity (Wildman–Crippen MR) is 110 cm³/mol. The van der Waals surface area contributed by atoms with E-state index in [0.717, 1.165) is 4.57 Å². The summed E-state index contributed by atoms with van der Waals surface area (Å²) in [6.45, 7) is 1.45. The number of halogens is 1. The van der Waals surface area contributed by atoms with Crippen LogP contribution >= 0.6 is 0 Å². The molecule has 0 aliphatic carbocycles. The van der Waals surface area contributed by atoms with E-state index in [4.69, 9.17) is 9.15 Å². The van der Waals surface area contributed by atoms with E-state index in [9.17, 15) is 18.8 Å². The summed E-state index contributed by atoms with van der Waals surface area (Å²) in [7, 11) is 1.20. The van der Waals surface area contributed by atoms with Gasteiger partial charge in [-0.25, -0.2) is 19.0 Å². The third-order valence-corrected chi connectivity index (χ3v) is 4.83. The van der Waals surface area contributed by atoms with Gasteiger partial charge in [0, 0.05) is 5.69 Å². The number of carbonyl (C=O) groups excluding carboxylic acids is 1. The van der Waals surface area contributed by atoms with Gasteiger partial charge < -0.3 is 9.15 Å². The van der Waals surface area contributed by atoms with Crippen LogP contribution in [0.15, 0.2) is 62.7 Å². The Bertz CT molecular complexity index is 1400.